The second kappa shape index (κ2) is 4.34. The Bertz CT molecular complexity index is 680. The minimum Gasteiger partial charge on any atom is -0.255 e. The van der Waals surface area contributed by atoms with Crippen molar-refractivity contribution in [3.8, 4) is 0 Å². The molecule has 0 fully saturated rings. The van der Waals surface area contributed by atoms with Crippen LogP contribution in [-0.4, -0.2) is 9.97 Å². The molecule has 0 aliphatic rings. The largest absolute Gasteiger partial charge is 0.255 e. The molecule has 0 bridgehead atoms. The third-order valence-electron chi connectivity index (χ3n) is 2.69. The summed E-state index contributed by atoms with van der Waals surface area (Å²) in [5, 5.41) is 0. The molecule has 3 aromatic rings. The lowest BCUT2D eigenvalue weighted by Gasteiger charge is -2.02. The summed E-state index contributed by atoms with van der Waals surface area (Å²) in [5.74, 6) is 0. The topological polar surface area (TPSA) is 25.8 Å². The van der Waals surface area contributed by atoms with Crippen molar-refractivity contribution in [2.24, 2.45) is 0 Å². The maximum atomic E-state index is 7.57. The van der Waals surface area contributed by atoms with E-state index in [0.29, 0.717) is 6.04 Å². The van der Waals surface area contributed by atoms with Crippen molar-refractivity contribution in [2.45, 2.75) is 6.42 Å². The maximum absolute atomic E-state index is 7.57. The van der Waals surface area contributed by atoms with Gasteiger partial charge >= 0.3 is 0 Å². The standard InChI is InChI=1S/C15H12N2/c1-2-5-12(6-3-1)11-13-8-9-14-15(17-13)7-4-10-16-14/h1-10H,11H2/i4D. The van der Waals surface area contributed by atoms with Crippen LogP contribution in [0.4, 0.5) is 0 Å². The van der Waals surface area contributed by atoms with Gasteiger partial charge in [0.2, 0.25) is 0 Å². The Kier molecular flexibility index (Phi) is 2.26. The van der Waals surface area contributed by atoms with Crippen LogP contribution in [0.3, 0.4) is 0 Å². The minimum absolute atomic E-state index is 0.395. The first-order valence-electron chi connectivity index (χ1n) is 6.07. The highest BCUT2D eigenvalue weighted by Crippen LogP contribution is 2.12. The molecular formula is C15H12N2. The first-order valence-corrected chi connectivity index (χ1v) is 5.57. The second-order valence-electron chi connectivity index (χ2n) is 3.94. The summed E-state index contributed by atoms with van der Waals surface area (Å²) < 4.78 is 7.57. The van der Waals surface area contributed by atoms with Gasteiger partial charge in [0.05, 0.1) is 12.4 Å². The number of hydrogen-bond acceptors (Lipinski definition) is 2. The summed E-state index contributed by atoms with van der Waals surface area (Å²) in [6.45, 7) is 0. The third-order valence-corrected chi connectivity index (χ3v) is 2.69. The van der Waals surface area contributed by atoms with E-state index < -0.39 is 0 Å². The van der Waals surface area contributed by atoms with E-state index in [0.717, 1.165) is 23.1 Å². The molecule has 2 heterocycles. The van der Waals surface area contributed by atoms with Crippen molar-refractivity contribution in [1.82, 2.24) is 9.97 Å². The fourth-order valence-corrected chi connectivity index (χ4v) is 1.85. The highest BCUT2D eigenvalue weighted by molar-refractivity contribution is 5.73. The zero-order valence-corrected chi connectivity index (χ0v) is 9.30. The number of fused-ring (bicyclic) bond motifs is 1. The predicted molar refractivity (Wildman–Crippen MR) is 68.8 cm³/mol. The van der Waals surface area contributed by atoms with E-state index in [4.69, 9.17) is 1.37 Å². The molecule has 0 aliphatic heterocycles. The van der Waals surface area contributed by atoms with Crippen LogP contribution in [0.25, 0.3) is 11.0 Å². The van der Waals surface area contributed by atoms with E-state index >= 15 is 0 Å². The molecular weight excluding hydrogens is 208 g/mol. The van der Waals surface area contributed by atoms with E-state index in [1.807, 2.05) is 30.3 Å². The minimum atomic E-state index is 0.395. The molecule has 0 unspecified atom stereocenters. The van der Waals surface area contributed by atoms with Gasteiger partial charge in [-0.05, 0) is 29.8 Å². The first kappa shape index (κ1) is 8.88. The summed E-state index contributed by atoms with van der Waals surface area (Å²) in [6, 6.07) is 16.3. The summed E-state index contributed by atoms with van der Waals surface area (Å²) >= 11 is 0. The fourth-order valence-electron chi connectivity index (χ4n) is 1.85. The number of hydrogen-bond donors (Lipinski definition) is 0. The lowest BCUT2D eigenvalue weighted by Crippen LogP contribution is -1.93. The maximum Gasteiger partial charge on any atom is 0.0890 e. The fraction of sp³-hybridized carbons (Fsp3) is 0.0667. The van der Waals surface area contributed by atoms with Crippen LogP contribution in [-0.2, 0) is 6.42 Å². The van der Waals surface area contributed by atoms with Crippen molar-refractivity contribution in [2.75, 3.05) is 0 Å². The Hall–Kier alpha value is -2.22. The summed E-state index contributed by atoms with van der Waals surface area (Å²) in [4.78, 5) is 8.73. The van der Waals surface area contributed by atoms with Crippen molar-refractivity contribution >= 4 is 11.0 Å². The van der Waals surface area contributed by atoms with Gasteiger partial charge in [-0.15, -0.1) is 0 Å². The van der Waals surface area contributed by atoms with Gasteiger partial charge in [0.15, 0.2) is 0 Å². The van der Waals surface area contributed by atoms with Crippen molar-refractivity contribution < 1.29 is 1.37 Å². The average molecular weight is 221 g/mol. The van der Waals surface area contributed by atoms with E-state index in [2.05, 4.69) is 22.1 Å². The van der Waals surface area contributed by atoms with Gasteiger partial charge in [0, 0.05) is 18.3 Å². The smallest absolute Gasteiger partial charge is 0.0890 e. The molecule has 0 aliphatic carbocycles. The van der Waals surface area contributed by atoms with Crippen LogP contribution in [0.1, 0.15) is 12.6 Å². The Labute approximate surface area is 101 Å². The van der Waals surface area contributed by atoms with E-state index in [9.17, 15) is 0 Å². The summed E-state index contributed by atoms with van der Waals surface area (Å²) in [5.41, 5.74) is 3.86. The first-order chi connectivity index (χ1) is 8.81. The van der Waals surface area contributed by atoms with Crippen LogP contribution >= 0.6 is 0 Å². The molecule has 0 amide bonds. The van der Waals surface area contributed by atoms with Gasteiger partial charge in [-0.1, -0.05) is 30.3 Å². The van der Waals surface area contributed by atoms with Gasteiger partial charge in [-0.2, -0.15) is 0 Å². The molecule has 2 aromatic heterocycles. The third kappa shape index (κ3) is 2.16. The summed E-state index contributed by atoms with van der Waals surface area (Å²) in [7, 11) is 0. The van der Waals surface area contributed by atoms with Gasteiger partial charge < -0.3 is 0 Å². The van der Waals surface area contributed by atoms with Crippen molar-refractivity contribution in [3.05, 3.63) is 72.0 Å². The average Bonchev–Trinajstić information content (AvgIpc) is 2.39. The molecule has 3 rings (SSSR count). The zero-order chi connectivity index (χ0) is 12.4. The SMILES string of the molecule is [2H]c1cnc2ccc(Cc3ccccc3)nc2c1. The van der Waals surface area contributed by atoms with Gasteiger partial charge in [-0.3, -0.25) is 9.97 Å². The van der Waals surface area contributed by atoms with Crippen molar-refractivity contribution in [3.63, 3.8) is 0 Å². The number of aromatic nitrogens is 2. The van der Waals surface area contributed by atoms with E-state index in [-0.39, 0.29) is 0 Å². The number of nitrogens with zero attached hydrogens (tertiary/aromatic N) is 2. The molecule has 0 saturated heterocycles. The molecule has 2 heteroatoms. The highest BCUT2D eigenvalue weighted by atomic mass is 14.8. The van der Waals surface area contributed by atoms with E-state index in [1.54, 1.807) is 12.3 Å². The lowest BCUT2D eigenvalue weighted by molar-refractivity contribution is 1.10. The Morgan fingerprint density at radius 3 is 2.71 bits per heavy atom. The zero-order valence-electron chi connectivity index (χ0n) is 10.3. The van der Waals surface area contributed by atoms with Crippen LogP contribution in [0.2, 0.25) is 0 Å². The van der Waals surface area contributed by atoms with Crippen LogP contribution in [0, 0.1) is 0 Å². The van der Waals surface area contributed by atoms with Crippen LogP contribution in [0.15, 0.2) is 60.8 Å². The molecule has 1 aromatic carbocycles. The number of pyridine rings is 2. The normalized spacial score (nSPS) is 11.4. The Morgan fingerprint density at radius 2 is 1.82 bits per heavy atom. The van der Waals surface area contributed by atoms with E-state index in [1.165, 1.54) is 5.56 Å². The molecule has 82 valence electrons. The lowest BCUT2D eigenvalue weighted by atomic mass is 10.1. The van der Waals surface area contributed by atoms with Gasteiger partial charge in [-0.25, -0.2) is 0 Å². The molecule has 0 spiro atoms. The Balaban J connectivity index is 1.98. The quantitative estimate of drug-likeness (QED) is 0.664. The molecule has 17 heavy (non-hydrogen) atoms. The molecule has 0 atom stereocenters. The van der Waals surface area contributed by atoms with Crippen LogP contribution < -0.4 is 0 Å². The molecule has 2 nitrogen and oxygen atoms in total. The number of rotatable bonds is 2. The number of benzene rings is 1. The summed E-state index contributed by atoms with van der Waals surface area (Å²) in [6.07, 6.45) is 2.35. The second-order valence-corrected chi connectivity index (χ2v) is 3.94. The van der Waals surface area contributed by atoms with Gasteiger partial charge in [0.1, 0.15) is 0 Å². The molecule has 0 radical (unpaired) electrons. The van der Waals surface area contributed by atoms with Crippen LogP contribution in [0.5, 0.6) is 0 Å². The highest BCUT2D eigenvalue weighted by Gasteiger charge is 1.99. The Morgan fingerprint density at radius 1 is 0.941 bits per heavy atom. The van der Waals surface area contributed by atoms with Crippen molar-refractivity contribution in [1.29, 1.82) is 0 Å². The molecule has 0 N–H and O–H groups in total. The molecule has 0 saturated carbocycles. The predicted octanol–water partition coefficient (Wildman–Crippen LogP) is 3.22. The van der Waals surface area contributed by atoms with Gasteiger partial charge in [0.25, 0.3) is 0 Å². The monoisotopic (exact) mass is 221 g/mol.